The molecule has 0 unspecified atom stereocenters. The Morgan fingerprint density at radius 2 is 1.62 bits per heavy atom. The van der Waals surface area contributed by atoms with E-state index in [2.05, 4.69) is 98.5 Å². The van der Waals surface area contributed by atoms with Crippen LogP contribution >= 0.6 is 0 Å². The van der Waals surface area contributed by atoms with Gasteiger partial charge < -0.3 is 9.80 Å². The van der Waals surface area contributed by atoms with E-state index in [9.17, 15) is 0 Å². The smallest absolute Gasteiger partial charge is 0.165 e. The minimum Gasteiger partial charge on any atom is -0.345 e. The Morgan fingerprint density at radius 3 is 2.29 bits per heavy atom. The van der Waals surface area contributed by atoms with Gasteiger partial charge in [0.05, 0.1) is 44.6 Å². The summed E-state index contributed by atoms with van der Waals surface area (Å²) in [7, 11) is 0. The first-order chi connectivity index (χ1) is 16.5. The number of rotatable bonds is 5. The van der Waals surface area contributed by atoms with Crippen molar-refractivity contribution >= 4 is 17.5 Å². The summed E-state index contributed by atoms with van der Waals surface area (Å²) in [6, 6.07) is 23.2. The molecule has 34 heavy (non-hydrogen) atoms. The third kappa shape index (κ3) is 4.75. The molecule has 2 aromatic carbocycles. The summed E-state index contributed by atoms with van der Waals surface area (Å²) in [6.45, 7) is 12.0. The molecule has 5 rings (SSSR count). The Morgan fingerprint density at radius 1 is 0.941 bits per heavy atom. The minimum atomic E-state index is -0.0377. The molecule has 3 heterocycles. The lowest BCUT2D eigenvalue weighted by Crippen LogP contribution is -3.14. The zero-order valence-electron chi connectivity index (χ0n) is 20.4. The van der Waals surface area contributed by atoms with Crippen LogP contribution in [0.4, 0.5) is 5.82 Å². The van der Waals surface area contributed by atoms with Crippen molar-refractivity contribution in [2.45, 2.75) is 26.2 Å². The average Bonchev–Trinajstić information content (AvgIpc) is 3.29. The second-order valence-corrected chi connectivity index (χ2v) is 10.2. The zero-order valence-corrected chi connectivity index (χ0v) is 20.4. The van der Waals surface area contributed by atoms with Gasteiger partial charge in [-0.05, 0) is 17.2 Å². The lowest BCUT2D eigenvalue weighted by atomic mass is 9.91. The van der Waals surface area contributed by atoms with Crippen LogP contribution in [0.2, 0.25) is 0 Å². The molecule has 1 N–H and O–H groups in total. The largest absolute Gasteiger partial charge is 0.345 e. The molecule has 0 saturated carbocycles. The van der Waals surface area contributed by atoms with Gasteiger partial charge in [-0.3, -0.25) is 0 Å². The Balaban J connectivity index is 1.38. The maximum atomic E-state index is 5.08. The molecule has 0 amide bonds. The van der Waals surface area contributed by atoms with Crippen LogP contribution in [0.5, 0.6) is 0 Å². The topological polar surface area (TPSA) is 37.9 Å². The summed E-state index contributed by atoms with van der Waals surface area (Å²) in [5, 5.41) is 4.79. The van der Waals surface area contributed by atoms with E-state index in [1.165, 1.54) is 5.56 Å². The summed E-state index contributed by atoms with van der Waals surface area (Å²) in [5.74, 6) is 1.15. The number of fused-ring (bicyclic) bond motifs is 1. The second kappa shape index (κ2) is 9.43. The highest BCUT2D eigenvalue weighted by Gasteiger charge is 2.26. The molecule has 0 spiro atoms. The van der Waals surface area contributed by atoms with Crippen LogP contribution in [0.25, 0.3) is 22.9 Å². The molecule has 174 valence electrons. The molecule has 5 heteroatoms. The third-order valence-electron chi connectivity index (χ3n) is 6.62. The van der Waals surface area contributed by atoms with Crippen LogP contribution in [0.15, 0.2) is 79.0 Å². The van der Waals surface area contributed by atoms with Gasteiger partial charge in [0.15, 0.2) is 5.65 Å². The molecular formula is C29H34N5+. The molecular weight excluding hydrogens is 418 g/mol. The van der Waals surface area contributed by atoms with Gasteiger partial charge in [-0.15, -0.1) is 0 Å². The highest BCUT2D eigenvalue weighted by molar-refractivity contribution is 5.78. The maximum absolute atomic E-state index is 5.08. The number of aromatic nitrogens is 3. The molecule has 0 atom stereocenters. The first-order valence-electron chi connectivity index (χ1n) is 12.2. The van der Waals surface area contributed by atoms with Crippen LogP contribution in [-0.2, 0) is 5.41 Å². The Bertz CT molecular complexity index is 1260. The predicted molar refractivity (Wildman–Crippen MR) is 140 cm³/mol. The number of benzene rings is 2. The van der Waals surface area contributed by atoms with Gasteiger partial charge >= 0.3 is 0 Å². The highest BCUT2D eigenvalue weighted by Crippen LogP contribution is 2.30. The zero-order chi connectivity index (χ0) is 23.5. The molecule has 5 nitrogen and oxygen atoms in total. The summed E-state index contributed by atoms with van der Waals surface area (Å²) < 4.78 is 2.04. The van der Waals surface area contributed by atoms with E-state index in [0.717, 1.165) is 61.0 Å². The normalized spacial score (nSPS) is 15.4. The average molecular weight is 453 g/mol. The Hall–Kier alpha value is -3.44. The quantitative estimate of drug-likeness (QED) is 0.495. The second-order valence-electron chi connectivity index (χ2n) is 10.2. The number of quaternary nitrogens is 1. The van der Waals surface area contributed by atoms with Gasteiger partial charge in [0.1, 0.15) is 5.82 Å². The van der Waals surface area contributed by atoms with Gasteiger partial charge in [-0.2, -0.15) is 9.61 Å². The molecule has 2 aromatic heterocycles. The van der Waals surface area contributed by atoms with E-state index in [-0.39, 0.29) is 5.41 Å². The first kappa shape index (κ1) is 22.4. The van der Waals surface area contributed by atoms with Crippen molar-refractivity contribution in [3.8, 4) is 11.1 Å². The van der Waals surface area contributed by atoms with E-state index in [1.807, 2.05) is 16.8 Å². The van der Waals surface area contributed by atoms with Gasteiger partial charge in [-0.25, -0.2) is 4.98 Å². The van der Waals surface area contributed by atoms with Gasteiger partial charge in [0, 0.05) is 17.0 Å². The van der Waals surface area contributed by atoms with E-state index >= 15 is 0 Å². The molecule has 0 bridgehead atoms. The van der Waals surface area contributed by atoms with E-state index in [0.29, 0.717) is 0 Å². The van der Waals surface area contributed by atoms with Crippen LogP contribution in [0.1, 0.15) is 32.0 Å². The number of anilines is 1. The minimum absolute atomic E-state index is 0.0377. The fourth-order valence-corrected chi connectivity index (χ4v) is 4.56. The van der Waals surface area contributed by atoms with Crippen molar-refractivity contribution in [3.63, 3.8) is 0 Å². The van der Waals surface area contributed by atoms with Crippen molar-refractivity contribution in [1.82, 2.24) is 14.6 Å². The molecule has 1 saturated heterocycles. The van der Waals surface area contributed by atoms with Crippen LogP contribution < -0.4 is 9.80 Å². The number of nitrogens with zero attached hydrogens (tertiary/aromatic N) is 4. The van der Waals surface area contributed by atoms with Gasteiger partial charge in [0.25, 0.3) is 0 Å². The van der Waals surface area contributed by atoms with Crippen LogP contribution in [-0.4, -0.2) is 47.3 Å². The summed E-state index contributed by atoms with van der Waals surface area (Å²) in [5.41, 5.74) is 5.51. The summed E-state index contributed by atoms with van der Waals surface area (Å²) >= 11 is 0. The molecule has 0 aliphatic carbocycles. The maximum Gasteiger partial charge on any atom is 0.165 e. The molecule has 0 radical (unpaired) electrons. The monoisotopic (exact) mass is 452 g/mol. The molecule has 1 fully saturated rings. The molecule has 1 aliphatic rings. The summed E-state index contributed by atoms with van der Waals surface area (Å²) in [4.78, 5) is 9.18. The van der Waals surface area contributed by atoms with Crippen molar-refractivity contribution in [1.29, 1.82) is 0 Å². The van der Waals surface area contributed by atoms with Crippen molar-refractivity contribution in [2.24, 2.45) is 0 Å². The number of hydrogen-bond donors (Lipinski definition) is 1. The molecule has 1 aliphatic heterocycles. The fourth-order valence-electron chi connectivity index (χ4n) is 4.56. The fraction of sp³-hybridized carbons (Fsp3) is 0.310. The third-order valence-corrected chi connectivity index (χ3v) is 6.62. The van der Waals surface area contributed by atoms with E-state index < -0.39 is 0 Å². The van der Waals surface area contributed by atoms with Crippen molar-refractivity contribution < 1.29 is 4.90 Å². The lowest BCUT2D eigenvalue weighted by Gasteiger charge is -2.33. The van der Waals surface area contributed by atoms with E-state index in [4.69, 9.17) is 10.1 Å². The summed E-state index contributed by atoms with van der Waals surface area (Å²) in [6.07, 6.45) is 6.50. The van der Waals surface area contributed by atoms with E-state index in [1.54, 1.807) is 4.90 Å². The number of piperazine rings is 1. The van der Waals surface area contributed by atoms with Gasteiger partial charge in [0.2, 0.25) is 0 Å². The van der Waals surface area contributed by atoms with Crippen LogP contribution in [0, 0.1) is 0 Å². The Kier molecular flexibility index (Phi) is 6.20. The highest BCUT2D eigenvalue weighted by atomic mass is 15.4. The SMILES string of the molecule is CC(C)(C)c1cc(N2CC[NH+](C/C=C/c3ccccc3)CC2)n2ncc(-c3ccccc3)c2n1. The lowest BCUT2D eigenvalue weighted by molar-refractivity contribution is -0.894. The van der Waals surface area contributed by atoms with Crippen LogP contribution in [0.3, 0.4) is 0 Å². The predicted octanol–water partition coefficient (Wildman–Crippen LogP) is 4.11. The molecule has 4 aromatic rings. The van der Waals surface area contributed by atoms with Gasteiger partial charge in [-0.1, -0.05) is 87.5 Å². The number of hydrogen-bond acceptors (Lipinski definition) is 3. The first-order valence-corrected chi connectivity index (χ1v) is 12.2. The number of nitrogens with one attached hydrogen (secondary N) is 1. The Labute approximate surface area is 202 Å². The standard InChI is InChI=1S/C29H33N5/c1-29(2,3)26-21-27(34-28(31-26)25(22-30-34)24-14-8-5-9-15-24)33-19-17-32(18-20-33)16-10-13-23-11-6-4-7-12-23/h4-15,21-22H,16-20H2,1-3H3/p+1/b13-10+. The van der Waals surface area contributed by atoms with Crippen molar-refractivity contribution in [3.05, 3.63) is 90.3 Å². The van der Waals surface area contributed by atoms with Crippen molar-refractivity contribution in [2.75, 3.05) is 37.6 Å².